The molecule has 0 bridgehead atoms. The highest BCUT2D eigenvalue weighted by molar-refractivity contribution is 5.77. The van der Waals surface area contributed by atoms with Crippen LogP contribution in [0.15, 0.2) is 18.2 Å². The van der Waals surface area contributed by atoms with E-state index in [0.717, 1.165) is 16.9 Å². The Labute approximate surface area is 148 Å². The van der Waals surface area contributed by atoms with E-state index in [1.54, 1.807) is 19.1 Å². The van der Waals surface area contributed by atoms with E-state index >= 15 is 0 Å². The molecule has 1 saturated carbocycles. The summed E-state index contributed by atoms with van der Waals surface area (Å²) in [5, 5.41) is 0. The van der Waals surface area contributed by atoms with Crippen LogP contribution in [-0.2, 0) is 22.7 Å². The molecule has 0 N–H and O–H groups in total. The quantitative estimate of drug-likeness (QED) is 0.825. The fraction of sp³-hybridized carbons (Fsp3) is 0.579. The van der Waals surface area contributed by atoms with Crippen molar-refractivity contribution < 1.29 is 14.3 Å². The largest absolute Gasteiger partial charge is 0.444 e. The summed E-state index contributed by atoms with van der Waals surface area (Å²) in [5.41, 5.74) is 2.82. The van der Waals surface area contributed by atoms with Gasteiger partial charge >= 0.3 is 6.09 Å². The minimum absolute atomic E-state index is 0.359. The fourth-order valence-electron chi connectivity index (χ4n) is 2.87. The predicted octanol–water partition coefficient (Wildman–Crippen LogP) is 3.88. The Bertz CT molecular complexity index is 772. The van der Waals surface area contributed by atoms with Gasteiger partial charge in [0.1, 0.15) is 18.2 Å². The van der Waals surface area contributed by atoms with Gasteiger partial charge in [0, 0.05) is 14.2 Å². The summed E-state index contributed by atoms with van der Waals surface area (Å²) in [7, 11) is 3.39. The van der Waals surface area contributed by atoms with Gasteiger partial charge in [0.05, 0.1) is 17.6 Å². The molecule has 3 rings (SSSR count). The molecule has 1 aliphatic carbocycles. The Balaban J connectivity index is 1.87. The van der Waals surface area contributed by atoms with Gasteiger partial charge in [0.15, 0.2) is 0 Å². The van der Waals surface area contributed by atoms with Gasteiger partial charge < -0.3 is 18.9 Å². The summed E-state index contributed by atoms with van der Waals surface area (Å²) in [6.45, 7) is 6.35. The van der Waals surface area contributed by atoms with E-state index in [0.29, 0.717) is 19.2 Å². The summed E-state index contributed by atoms with van der Waals surface area (Å²) in [6.07, 6.45) is 2.17. The minimum Gasteiger partial charge on any atom is -0.444 e. The third-order valence-electron chi connectivity index (χ3n) is 4.24. The van der Waals surface area contributed by atoms with Gasteiger partial charge in [-0.3, -0.25) is 0 Å². The van der Waals surface area contributed by atoms with E-state index in [2.05, 4.69) is 18.2 Å². The number of rotatable bonds is 5. The Morgan fingerprint density at radius 1 is 1.36 bits per heavy atom. The maximum Gasteiger partial charge on any atom is 0.410 e. The van der Waals surface area contributed by atoms with E-state index in [1.165, 1.54) is 18.4 Å². The number of carbonyl (C=O) groups is 1. The Hall–Kier alpha value is -2.08. The van der Waals surface area contributed by atoms with Crippen molar-refractivity contribution in [3.8, 4) is 0 Å². The maximum atomic E-state index is 12.2. The lowest BCUT2D eigenvalue weighted by molar-refractivity contribution is 0.0275. The molecule has 0 unspecified atom stereocenters. The lowest BCUT2D eigenvalue weighted by Crippen LogP contribution is -2.34. The molecule has 1 aromatic carbocycles. The highest BCUT2D eigenvalue weighted by Crippen LogP contribution is 2.40. The summed E-state index contributed by atoms with van der Waals surface area (Å²) in [4.78, 5) is 18.5. The van der Waals surface area contributed by atoms with Crippen LogP contribution >= 0.6 is 0 Å². The van der Waals surface area contributed by atoms with Gasteiger partial charge in [-0.2, -0.15) is 0 Å². The minimum atomic E-state index is -0.517. The van der Waals surface area contributed by atoms with E-state index in [4.69, 9.17) is 14.5 Å². The number of ether oxygens (including phenoxy) is 2. The number of fused-ring (bicyclic) bond motifs is 1. The van der Waals surface area contributed by atoms with Gasteiger partial charge in [0.2, 0.25) is 0 Å². The maximum absolute atomic E-state index is 12.2. The number of aromatic nitrogens is 2. The zero-order valence-corrected chi connectivity index (χ0v) is 15.7. The molecule has 1 aliphatic rings. The van der Waals surface area contributed by atoms with Crippen LogP contribution in [0.3, 0.4) is 0 Å². The third-order valence-corrected chi connectivity index (χ3v) is 4.24. The first kappa shape index (κ1) is 17.7. The number of amides is 1. The summed E-state index contributed by atoms with van der Waals surface area (Å²) >= 11 is 0. The molecule has 0 atom stereocenters. The van der Waals surface area contributed by atoms with Crippen LogP contribution in [0.25, 0.3) is 11.0 Å². The van der Waals surface area contributed by atoms with Crippen molar-refractivity contribution in [3.05, 3.63) is 29.6 Å². The lowest BCUT2D eigenvalue weighted by Gasteiger charge is -2.24. The van der Waals surface area contributed by atoms with Crippen LogP contribution in [0.2, 0.25) is 0 Å². The second kappa shape index (κ2) is 6.67. The predicted molar refractivity (Wildman–Crippen MR) is 96.4 cm³/mol. The molecule has 1 amide bonds. The number of hydrogen-bond donors (Lipinski definition) is 0. The smallest absolute Gasteiger partial charge is 0.410 e. The summed E-state index contributed by atoms with van der Waals surface area (Å²) in [6, 6.07) is 6.42. The first-order valence-electron chi connectivity index (χ1n) is 8.70. The van der Waals surface area contributed by atoms with Crippen molar-refractivity contribution in [1.29, 1.82) is 0 Å². The zero-order chi connectivity index (χ0) is 18.2. The molecule has 25 heavy (non-hydrogen) atoms. The van der Waals surface area contributed by atoms with Crippen LogP contribution in [0.1, 0.15) is 50.9 Å². The highest BCUT2D eigenvalue weighted by atomic mass is 16.6. The first-order valence-corrected chi connectivity index (χ1v) is 8.70. The van der Waals surface area contributed by atoms with E-state index in [1.807, 2.05) is 25.3 Å². The highest BCUT2D eigenvalue weighted by Gasteiger charge is 2.25. The number of carbonyl (C=O) groups excluding carboxylic acids is 1. The molecule has 0 radical (unpaired) electrons. The molecule has 6 nitrogen and oxygen atoms in total. The van der Waals surface area contributed by atoms with Crippen molar-refractivity contribution in [3.63, 3.8) is 0 Å². The number of benzene rings is 1. The van der Waals surface area contributed by atoms with Crippen molar-refractivity contribution in [2.75, 3.05) is 14.2 Å². The molecule has 1 fully saturated rings. The third kappa shape index (κ3) is 4.12. The molecule has 1 aromatic heterocycles. The van der Waals surface area contributed by atoms with Crippen LogP contribution in [0.4, 0.5) is 4.79 Å². The van der Waals surface area contributed by atoms with Crippen LogP contribution in [-0.4, -0.2) is 40.3 Å². The van der Waals surface area contributed by atoms with Gasteiger partial charge in [-0.05, 0) is 57.2 Å². The standard InChI is InChI=1S/C19H27N3O3/c1-19(2,3)25-18(23)21(4)11-17-20-15-9-8-14(13-6-7-13)10-16(15)22(17)12-24-5/h8-10,13H,6-7,11-12H2,1-5H3. The molecule has 6 heteroatoms. The summed E-state index contributed by atoms with van der Waals surface area (Å²) in [5.74, 6) is 1.47. The molecular weight excluding hydrogens is 318 g/mol. The van der Waals surface area contributed by atoms with E-state index in [-0.39, 0.29) is 6.09 Å². The number of imidazole rings is 1. The molecule has 136 valence electrons. The van der Waals surface area contributed by atoms with Crippen molar-refractivity contribution in [1.82, 2.24) is 14.5 Å². The Kier molecular flexibility index (Phi) is 4.73. The SMILES string of the molecule is COCn1c(CN(C)C(=O)OC(C)(C)C)nc2ccc(C3CC3)cc21. The van der Waals surface area contributed by atoms with Crippen molar-refractivity contribution in [2.24, 2.45) is 0 Å². The number of nitrogens with zero attached hydrogens (tertiary/aromatic N) is 3. The normalized spacial score (nSPS) is 14.8. The summed E-state index contributed by atoms with van der Waals surface area (Å²) < 4.78 is 12.8. The number of methoxy groups -OCH3 is 1. The average molecular weight is 345 g/mol. The zero-order valence-electron chi connectivity index (χ0n) is 15.7. The van der Waals surface area contributed by atoms with Crippen molar-refractivity contribution in [2.45, 2.75) is 58.4 Å². The second-order valence-electron chi connectivity index (χ2n) is 7.73. The molecule has 0 spiro atoms. The molecule has 1 heterocycles. The Morgan fingerprint density at radius 2 is 2.08 bits per heavy atom. The molecular formula is C19H27N3O3. The van der Waals surface area contributed by atoms with E-state index in [9.17, 15) is 4.79 Å². The topological polar surface area (TPSA) is 56.6 Å². The van der Waals surface area contributed by atoms with Gasteiger partial charge in [0.25, 0.3) is 0 Å². The molecule has 0 saturated heterocycles. The van der Waals surface area contributed by atoms with Gasteiger partial charge in [-0.1, -0.05) is 6.07 Å². The van der Waals surface area contributed by atoms with Crippen LogP contribution in [0, 0.1) is 0 Å². The van der Waals surface area contributed by atoms with E-state index < -0.39 is 5.60 Å². The van der Waals surface area contributed by atoms with Gasteiger partial charge in [-0.25, -0.2) is 9.78 Å². The first-order chi connectivity index (χ1) is 11.8. The Morgan fingerprint density at radius 3 is 2.68 bits per heavy atom. The number of hydrogen-bond acceptors (Lipinski definition) is 4. The average Bonchev–Trinajstić information content (AvgIpc) is 3.31. The lowest BCUT2D eigenvalue weighted by atomic mass is 10.1. The van der Waals surface area contributed by atoms with Gasteiger partial charge in [-0.15, -0.1) is 0 Å². The molecule has 0 aliphatic heterocycles. The fourth-order valence-corrected chi connectivity index (χ4v) is 2.87. The second-order valence-corrected chi connectivity index (χ2v) is 7.73. The van der Waals surface area contributed by atoms with Crippen LogP contribution in [0.5, 0.6) is 0 Å². The molecule has 2 aromatic rings. The van der Waals surface area contributed by atoms with Crippen LogP contribution < -0.4 is 0 Å². The van der Waals surface area contributed by atoms with Crippen molar-refractivity contribution >= 4 is 17.1 Å². The monoisotopic (exact) mass is 345 g/mol.